The van der Waals surface area contributed by atoms with E-state index in [0.29, 0.717) is 26.1 Å². The molecule has 21 heavy (non-hydrogen) atoms. The summed E-state index contributed by atoms with van der Waals surface area (Å²) in [6.07, 6.45) is 2.18. The molecular formula is C13H22N4O3S. The summed E-state index contributed by atoms with van der Waals surface area (Å²) in [7, 11) is -3.40. The molecule has 0 aliphatic carbocycles. The highest BCUT2D eigenvalue weighted by Crippen LogP contribution is 2.15. The van der Waals surface area contributed by atoms with Gasteiger partial charge in [0.15, 0.2) is 0 Å². The van der Waals surface area contributed by atoms with Crippen LogP contribution in [-0.2, 0) is 29.5 Å². The minimum Gasteiger partial charge on any atom is -0.299 e. The molecule has 0 bridgehead atoms. The molecule has 2 heterocycles. The fourth-order valence-electron chi connectivity index (χ4n) is 2.55. The van der Waals surface area contributed by atoms with Crippen LogP contribution in [0.15, 0.2) is 10.9 Å². The van der Waals surface area contributed by atoms with E-state index in [1.165, 1.54) is 4.68 Å². The van der Waals surface area contributed by atoms with Gasteiger partial charge in [-0.05, 0) is 24.9 Å². The SMILES string of the molecule is CCCn1nc2c(cc1=O)CN(CCCS(N)(=O)=O)CC2. The summed E-state index contributed by atoms with van der Waals surface area (Å²) in [5, 5.41) is 9.41. The first kappa shape index (κ1) is 16.1. The molecule has 2 rings (SSSR count). The van der Waals surface area contributed by atoms with Crippen LogP contribution in [0.5, 0.6) is 0 Å². The molecule has 0 unspecified atom stereocenters. The quantitative estimate of drug-likeness (QED) is 0.776. The van der Waals surface area contributed by atoms with Crippen LogP contribution in [-0.4, -0.2) is 41.9 Å². The highest BCUT2D eigenvalue weighted by Gasteiger charge is 2.19. The van der Waals surface area contributed by atoms with Crippen LogP contribution in [0.25, 0.3) is 0 Å². The fourth-order valence-corrected chi connectivity index (χ4v) is 3.08. The lowest BCUT2D eigenvalue weighted by atomic mass is 10.1. The van der Waals surface area contributed by atoms with Crippen molar-refractivity contribution in [2.45, 2.75) is 39.3 Å². The van der Waals surface area contributed by atoms with Crippen molar-refractivity contribution < 1.29 is 8.42 Å². The molecule has 1 aromatic rings. The number of nitrogens with zero attached hydrogens (tertiary/aromatic N) is 3. The average molecular weight is 314 g/mol. The summed E-state index contributed by atoms with van der Waals surface area (Å²) < 4.78 is 23.4. The molecule has 1 aliphatic rings. The Labute approximate surface area is 124 Å². The highest BCUT2D eigenvalue weighted by atomic mass is 32.2. The standard InChI is InChI=1S/C13H22N4O3S/c1-2-5-17-13(18)9-11-10-16(7-4-12(11)15-17)6-3-8-21(14,19)20/h9H,2-8,10H2,1H3,(H2,14,19,20). The van der Waals surface area contributed by atoms with Gasteiger partial charge < -0.3 is 0 Å². The van der Waals surface area contributed by atoms with Gasteiger partial charge in [0.25, 0.3) is 5.56 Å². The Kier molecular flexibility index (Phi) is 5.13. The first-order valence-electron chi connectivity index (χ1n) is 7.22. The predicted octanol–water partition coefficient (Wildman–Crippen LogP) is -0.310. The first-order valence-corrected chi connectivity index (χ1v) is 8.93. The molecule has 118 valence electrons. The third-order valence-electron chi connectivity index (χ3n) is 3.56. The van der Waals surface area contributed by atoms with E-state index in [4.69, 9.17) is 5.14 Å². The molecule has 0 fully saturated rings. The Morgan fingerprint density at radius 1 is 1.38 bits per heavy atom. The smallest absolute Gasteiger partial charge is 0.267 e. The maximum Gasteiger partial charge on any atom is 0.267 e. The third-order valence-corrected chi connectivity index (χ3v) is 4.42. The maximum absolute atomic E-state index is 11.9. The van der Waals surface area contributed by atoms with Crippen LogP contribution in [0, 0.1) is 0 Å². The van der Waals surface area contributed by atoms with Gasteiger partial charge in [0.1, 0.15) is 0 Å². The van der Waals surface area contributed by atoms with Gasteiger partial charge in [-0.25, -0.2) is 18.2 Å². The molecule has 2 N–H and O–H groups in total. The number of aromatic nitrogens is 2. The van der Waals surface area contributed by atoms with Crippen molar-refractivity contribution in [2.75, 3.05) is 18.8 Å². The van der Waals surface area contributed by atoms with E-state index in [9.17, 15) is 13.2 Å². The second kappa shape index (κ2) is 6.67. The van der Waals surface area contributed by atoms with Crippen LogP contribution in [0.3, 0.4) is 0 Å². The van der Waals surface area contributed by atoms with E-state index in [2.05, 4.69) is 10.00 Å². The van der Waals surface area contributed by atoms with Gasteiger partial charge in [0, 0.05) is 32.1 Å². The van der Waals surface area contributed by atoms with Crippen LogP contribution in [0.1, 0.15) is 31.0 Å². The normalized spacial score (nSPS) is 15.9. The number of primary sulfonamides is 1. The monoisotopic (exact) mass is 314 g/mol. The van der Waals surface area contributed by atoms with Crippen LogP contribution in [0.4, 0.5) is 0 Å². The first-order chi connectivity index (χ1) is 9.89. The third kappa shape index (κ3) is 4.62. The summed E-state index contributed by atoms with van der Waals surface area (Å²) in [5.74, 6) is -0.00724. The minimum atomic E-state index is -3.40. The molecular weight excluding hydrogens is 292 g/mol. The van der Waals surface area contributed by atoms with Gasteiger partial charge in [-0.15, -0.1) is 0 Å². The number of hydrogen-bond acceptors (Lipinski definition) is 5. The van der Waals surface area contributed by atoms with Gasteiger partial charge >= 0.3 is 0 Å². The summed E-state index contributed by atoms with van der Waals surface area (Å²) >= 11 is 0. The van der Waals surface area contributed by atoms with Crippen molar-refractivity contribution >= 4 is 10.0 Å². The van der Waals surface area contributed by atoms with Crippen molar-refractivity contribution in [1.82, 2.24) is 14.7 Å². The number of fused-ring (bicyclic) bond motifs is 1. The van der Waals surface area contributed by atoms with Gasteiger partial charge in [0.2, 0.25) is 10.0 Å². The number of sulfonamides is 1. The second-order valence-electron chi connectivity index (χ2n) is 5.42. The zero-order valence-corrected chi connectivity index (χ0v) is 13.1. The lowest BCUT2D eigenvalue weighted by Crippen LogP contribution is -2.36. The molecule has 7 nitrogen and oxygen atoms in total. The molecule has 1 aliphatic heterocycles. The summed E-state index contributed by atoms with van der Waals surface area (Å²) in [5.41, 5.74) is 1.86. The average Bonchev–Trinajstić information content (AvgIpc) is 2.38. The van der Waals surface area contributed by atoms with E-state index in [-0.39, 0.29) is 11.3 Å². The van der Waals surface area contributed by atoms with Crippen LogP contribution >= 0.6 is 0 Å². The minimum absolute atomic E-state index is 0.00724. The van der Waals surface area contributed by atoms with Crippen LogP contribution in [0.2, 0.25) is 0 Å². The fraction of sp³-hybridized carbons (Fsp3) is 0.692. The molecule has 0 saturated carbocycles. The zero-order chi connectivity index (χ0) is 15.5. The van der Waals surface area contributed by atoms with Gasteiger partial charge in [-0.3, -0.25) is 9.69 Å². The summed E-state index contributed by atoms with van der Waals surface area (Å²) in [6.45, 7) is 4.79. The van der Waals surface area contributed by atoms with Crippen molar-refractivity contribution in [3.8, 4) is 0 Å². The molecule has 0 spiro atoms. The lowest BCUT2D eigenvalue weighted by Gasteiger charge is -2.28. The largest absolute Gasteiger partial charge is 0.299 e. The molecule has 0 amide bonds. The van der Waals surface area contributed by atoms with Crippen LogP contribution < -0.4 is 10.7 Å². The zero-order valence-electron chi connectivity index (χ0n) is 12.3. The Hall–Kier alpha value is -1.25. The highest BCUT2D eigenvalue weighted by molar-refractivity contribution is 7.89. The maximum atomic E-state index is 11.9. The Bertz CT molecular complexity index is 654. The van der Waals surface area contributed by atoms with Crippen molar-refractivity contribution in [2.24, 2.45) is 5.14 Å². The van der Waals surface area contributed by atoms with E-state index in [1.807, 2.05) is 6.92 Å². The summed E-state index contributed by atoms with van der Waals surface area (Å²) in [4.78, 5) is 14.1. The van der Waals surface area contributed by atoms with E-state index in [1.54, 1.807) is 6.07 Å². The van der Waals surface area contributed by atoms with Crippen molar-refractivity contribution in [1.29, 1.82) is 0 Å². The Morgan fingerprint density at radius 3 is 2.81 bits per heavy atom. The topological polar surface area (TPSA) is 98.3 Å². The molecule has 1 aromatic heterocycles. The Morgan fingerprint density at radius 2 is 2.14 bits per heavy atom. The lowest BCUT2D eigenvalue weighted by molar-refractivity contribution is 0.250. The number of nitrogens with two attached hydrogens (primary N) is 1. The molecule has 0 saturated heterocycles. The van der Waals surface area contributed by atoms with Gasteiger partial charge in [0.05, 0.1) is 11.4 Å². The number of rotatable bonds is 6. The van der Waals surface area contributed by atoms with E-state index >= 15 is 0 Å². The van der Waals surface area contributed by atoms with Crippen molar-refractivity contribution in [3.63, 3.8) is 0 Å². The molecule has 0 radical (unpaired) electrons. The summed E-state index contributed by atoms with van der Waals surface area (Å²) in [6, 6.07) is 1.66. The van der Waals surface area contributed by atoms with Crippen molar-refractivity contribution in [3.05, 3.63) is 27.7 Å². The van der Waals surface area contributed by atoms with E-state index < -0.39 is 10.0 Å². The Balaban J connectivity index is 2.00. The van der Waals surface area contributed by atoms with Gasteiger partial charge in [-0.2, -0.15) is 5.10 Å². The van der Waals surface area contributed by atoms with Gasteiger partial charge in [-0.1, -0.05) is 6.92 Å². The predicted molar refractivity (Wildman–Crippen MR) is 80.4 cm³/mol. The molecule has 0 aromatic carbocycles. The second-order valence-corrected chi connectivity index (χ2v) is 7.16. The number of aryl methyl sites for hydroxylation is 1. The van der Waals surface area contributed by atoms with E-state index in [0.717, 1.165) is 30.6 Å². The molecule has 8 heteroatoms. The number of hydrogen-bond donors (Lipinski definition) is 1. The molecule has 0 atom stereocenters.